The van der Waals surface area contributed by atoms with Crippen LogP contribution in [0.5, 0.6) is 5.75 Å². The number of nitrogens with two attached hydrogens (primary N) is 1. The maximum Gasteiger partial charge on any atom is 0.223 e. The summed E-state index contributed by atoms with van der Waals surface area (Å²) in [4.78, 5) is 13.0. The van der Waals surface area contributed by atoms with E-state index in [1.807, 2.05) is 18.3 Å². The van der Waals surface area contributed by atoms with E-state index in [2.05, 4.69) is 72.3 Å². The van der Waals surface area contributed by atoms with Crippen LogP contribution in [0.1, 0.15) is 146 Å². The summed E-state index contributed by atoms with van der Waals surface area (Å²) in [5.41, 5.74) is 9.91. The van der Waals surface area contributed by atoms with E-state index in [-0.39, 0.29) is 48.7 Å². The van der Waals surface area contributed by atoms with Gasteiger partial charge in [-0.15, -0.1) is 37.2 Å². The minimum atomic E-state index is -0.0444. The van der Waals surface area contributed by atoms with E-state index in [0.29, 0.717) is 31.4 Å². The molecule has 0 aliphatic rings. The molecule has 0 saturated carbocycles. The topological polar surface area (TPSA) is 69.3 Å². The SMILES string of the molecule is CCCCCCCCCCCCCCCCCCOc1cn(Cc2ccccc2)c(CNCCC(N)C(C)c2ccccc2)cc1=O.Cl.Cl.Cl. The van der Waals surface area contributed by atoms with Crippen molar-refractivity contribution < 1.29 is 4.74 Å². The Bertz CT molecular complexity index is 1260. The Labute approximate surface area is 323 Å². The summed E-state index contributed by atoms with van der Waals surface area (Å²) in [5.74, 6) is 0.740. The lowest BCUT2D eigenvalue weighted by molar-refractivity contribution is 0.298. The number of ether oxygens (including phenoxy) is 1. The second-order valence-electron chi connectivity index (χ2n) is 13.6. The number of aromatic nitrogens is 1. The fourth-order valence-electron chi connectivity index (χ4n) is 6.35. The normalized spacial score (nSPS) is 11.9. The largest absolute Gasteiger partial charge is 0.488 e. The van der Waals surface area contributed by atoms with Crippen molar-refractivity contribution in [2.75, 3.05) is 13.2 Å². The molecule has 0 aliphatic heterocycles. The molecule has 50 heavy (non-hydrogen) atoms. The zero-order valence-corrected chi connectivity index (χ0v) is 33.4. The second-order valence-corrected chi connectivity index (χ2v) is 13.6. The van der Waals surface area contributed by atoms with Crippen LogP contribution in [0.25, 0.3) is 0 Å². The molecule has 0 aliphatic carbocycles. The third-order valence-electron chi connectivity index (χ3n) is 9.56. The number of rotatable bonds is 27. The average Bonchev–Trinajstić information content (AvgIpc) is 3.10. The van der Waals surface area contributed by atoms with Gasteiger partial charge in [-0.25, -0.2) is 0 Å². The molecule has 0 bridgehead atoms. The van der Waals surface area contributed by atoms with Gasteiger partial charge in [-0.05, 0) is 36.4 Å². The number of nitrogens with zero attached hydrogens (tertiary/aromatic N) is 1. The van der Waals surface area contributed by atoms with Crippen molar-refractivity contribution in [3.63, 3.8) is 0 Å². The predicted octanol–water partition coefficient (Wildman–Crippen LogP) is 11.4. The molecule has 5 nitrogen and oxygen atoms in total. The van der Waals surface area contributed by atoms with Crippen LogP contribution in [0.3, 0.4) is 0 Å². The highest BCUT2D eigenvalue weighted by atomic mass is 35.5. The van der Waals surface area contributed by atoms with Crippen LogP contribution in [0, 0.1) is 0 Å². The molecular formula is C42H68Cl3N3O2. The standard InChI is InChI=1S/C42H65N3O2.3ClH/c1-3-4-5-6-7-8-9-10-11-12-13-14-15-16-17-24-31-47-42-35-45(34-37-25-20-18-21-26-37)39(32-41(42)46)33-44-30-29-40(43)36(2)38-27-22-19-23-28-38;;;/h18-23,25-28,32,35-36,40,44H,3-17,24,29-31,33-34,43H2,1-2H3;3*1H. The molecule has 8 heteroatoms. The maximum atomic E-state index is 13.0. The number of hydrogen-bond acceptors (Lipinski definition) is 4. The van der Waals surface area contributed by atoms with Gasteiger partial charge in [0.25, 0.3) is 0 Å². The summed E-state index contributed by atoms with van der Waals surface area (Å²) >= 11 is 0. The molecule has 0 amide bonds. The van der Waals surface area contributed by atoms with Crippen LogP contribution >= 0.6 is 37.2 Å². The minimum absolute atomic E-state index is 0. The van der Waals surface area contributed by atoms with Crippen molar-refractivity contribution in [3.05, 3.63) is 100.0 Å². The number of benzene rings is 2. The van der Waals surface area contributed by atoms with Crippen LogP contribution in [0.4, 0.5) is 0 Å². The summed E-state index contributed by atoms with van der Waals surface area (Å²) in [5, 5.41) is 3.53. The predicted molar refractivity (Wildman–Crippen MR) is 222 cm³/mol. The molecule has 3 N–H and O–H groups in total. The summed E-state index contributed by atoms with van der Waals surface area (Å²) in [6, 6.07) is 22.7. The van der Waals surface area contributed by atoms with Gasteiger partial charge < -0.3 is 20.4 Å². The van der Waals surface area contributed by atoms with Gasteiger partial charge in [0.05, 0.1) is 12.8 Å². The highest BCUT2D eigenvalue weighted by molar-refractivity contribution is 5.86. The molecule has 0 spiro atoms. The molecule has 0 fully saturated rings. The zero-order valence-electron chi connectivity index (χ0n) is 31.0. The van der Waals surface area contributed by atoms with Crippen molar-refractivity contribution in [2.45, 2.75) is 148 Å². The van der Waals surface area contributed by atoms with E-state index in [9.17, 15) is 4.79 Å². The molecule has 1 heterocycles. The third-order valence-corrected chi connectivity index (χ3v) is 9.56. The van der Waals surface area contributed by atoms with Gasteiger partial charge in [0.1, 0.15) is 0 Å². The van der Waals surface area contributed by atoms with E-state index in [1.54, 1.807) is 6.07 Å². The van der Waals surface area contributed by atoms with Crippen molar-refractivity contribution >= 4 is 37.2 Å². The highest BCUT2D eigenvalue weighted by Crippen LogP contribution is 2.19. The first-order valence-electron chi connectivity index (χ1n) is 19.0. The number of unbranched alkanes of at least 4 members (excludes halogenated alkanes) is 15. The maximum absolute atomic E-state index is 13.0. The van der Waals surface area contributed by atoms with Crippen molar-refractivity contribution in [1.82, 2.24) is 9.88 Å². The van der Waals surface area contributed by atoms with Gasteiger partial charge in [0, 0.05) is 30.9 Å². The Balaban J connectivity index is 0.00000800. The first-order valence-corrected chi connectivity index (χ1v) is 19.0. The molecule has 0 radical (unpaired) electrons. The van der Waals surface area contributed by atoms with Crippen LogP contribution < -0.4 is 21.2 Å². The summed E-state index contributed by atoms with van der Waals surface area (Å²) in [7, 11) is 0. The van der Waals surface area contributed by atoms with Crippen LogP contribution in [-0.4, -0.2) is 23.8 Å². The van der Waals surface area contributed by atoms with Crippen molar-refractivity contribution in [1.29, 1.82) is 0 Å². The zero-order chi connectivity index (χ0) is 33.4. The molecule has 2 unspecified atom stereocenters. The first-order chi connectivity index (χ1) is 23.1. The van der Waals surface area contributed by atoms with Crippen LogP contribution in [0.15, 0.2) is 77.7 Å². The Hall–Kier alpha value is -2.02. The van der Waals surface area contributed by atoms with Crippen LogP contribution in [-0.2, 0) is 13.1 Å². The van der Waals surface area contributed by atoms with E-state index in [4.69, 9.17) is 10.5 Å². The average molecular weight is 753 g/mol. The minimum Gasteiger partial charge on any atom is -0.488 e. The third kappa shape index (κ3) is 20.1. The van der Waals surface area contributed by atoms with Gasteiger partial charge in [-0.3, -0.25) is 4.79 Å². The van der Waals surface area contributed by atoms with Gasteiger partial charge in [0.15, 0.2) is 5.75 Å². The van der Waals surface area contributed by atoms with Crippen LogP contribution in [0.2, 0.25) is 0 Å². The fraction of sp³-hybridized carbons (Fsp3) is 0.595. The molecule has 1 aromatic heterocycles. The number of nitrogens with one attached hydrogen (secondary N) is 1. The summed E-state index contributed by atoms with van der Waals surface area (Å²) in [6.45, 7) is 7.15. The highest BCUT2D eigenvalue weighted by Gasteiger charge is 2.15. The molecule has 2 aromatic carbocycles. The van der Waals surface area contributed by atoms with E-state index < -0.39 is 0 Å². The number of halogens is 3. The fourth-order valence-corrected chi connectivity index (χ4v) is 6.35. The van der Waals surface area contributed by atoms with Gasteiger partial charge in [-0.1, -0.05) is 171 Å². The van der Waals surface area contributed by atoms with Gasteiger partial charge >= 0.3 is 0 Å². The lowest BCUT2D eigenvalue weighted by Crippen LogP contribution is -2.31. The second kappa shape index (κ2) is 30.6. The van der Waals surface area contributed by atoms with Gasteiger partial charge in [-0.2, -0.15) is 0 Å². The van der Waals surface area contributed by atoms with E-state index in [1.165, 1.54) is 101 Å². The van der Waals surface area contributed by atoms with E-state index >= 15 is 0 Å². The number of hydrogen-bond donors (Lipinski definition) is 2. The van der Waals surface area contributed by atoms with Gasteiger partial charge in [0.2, 0.25) is 5.43 Å². The Morgan fingerprint density at radius 2 is 1.22 bits per heavy atom. The molecule has 2 atom stereocenters. The quantitative estimate of drug-likeness (QED) is 0.0761. The smallest absolute Gasteiger partial charge is 0.223 e. The van der Waals surface area contributed by atoms with Crippen molar-refractivity contribution in [2.24, 2.45) is 5.73 Å². The monoisotopic (exact) mass is 751 g/mol. The van der Waals surface area contributed by atoms with E-state index in [0.717, 1.165) is 31.5 Å². The summed E-state index contributed by atoms with van der Waals surface area (Å²) < 4.78 is 8.20. The molecule has 0 saturated heterocycles. The molecular weight excluding hydrogens is 685 g/mol. The lowest BCUT2D eigenvalue weighted by atomic mass is 9.92. The first kappa shape index (κ1) is 48.0. The molecule has 3 aromatic rings. The molecule has 284 valence electrons. The Kier molecular flexibility index (Phi) is 29.4. The molecule has 3 rings (SSSR count). The van der Waals surface area contributed by atoms with Crippen molar-refractivity contribution in [3.8, 4) is 5.75 Å². The summed E-state index contributed by atoms with van der Waals surface area (Å²) in [6.07, 6.45) is 24.3. The Morgan fingerprint density at radius 1 is 0.720 bits per heavy atom. The Morgan fingerprint density at radius 3 is 1.76 bits per heavy atom. The lowest BCUT2D eigenvalue weighted by Gasteiger charge is -2.21. The number of pyridine rings is 1.